The third-order valence-corrected chi connectivity index (χ3v) is 5.20. The van der Waals surface area contributed by atoms with Crippen molar-refractivity contribution >= 4 is 35.1 Å². The van der Waals surface area contributed by atoms with Crippen LogP contribution >= 0.6 is 0 Å². The molecule has 0 bridgehead atoms. The molecule has 194 valence electrons. The lowest BCUT2D eigenvalue weighted by atomic mass is 9.94. The van der Waals surface area contributed by atoms with Crippen molar-refractivity contribution in [3.63, 3.8) is 0 Å². The van der Waals surface area contributed by atoms with E-state index in [1.807, 2.05) is 0 Å². The van der Waals surface area contributed by atoms with Gasteiger partial charge in [-0.1, -0.05) is 18.2 Å². The predicted molar refractivity (Wildman–Crippen MR) is 128 cm³/mol. The van der Waals surface area contributed by atoms with Crippen LogP contribution in [0.15, 0.2) is 54.6 Å². The number of carbonyl (C=O) groups is 3. The van der Waals surface area contributed by atoms with Gasteiger partial charge in [0, 0.05) is 17.2 Å². The van der Waals surface area contributed by atoms with Crippen LogP contribution in [-0.2, 0) is 15.7 Å². The van der Waals surface area contributed by atoms with Crippen molar-refractivity contribution in [1.29, 1.82) is 10.7 Å². The number of phenols is 1. The number of aromatic carboxylic acids is 1. The molecule has 0 spiro atoms. The van der Waals surface area contributed by atoms with Gasteiger partial charge in [0.15, 0.2) is 0 Å². The van der Waals surface area contributed by atoms with E-state index in [2.05, 4.69) is 15.4 Å². The van der Waals surface area contributed by atoms with Crippen LogP contribution in [0.25, 0.3) is 11.1 Å². The Balaban J connectivity index is 2.11. The Labute approximate surface area is 212 Å². The summed E-state index contributed by atoms with van der Waals surface area (Å²) in [6, 6.07) is 11.2. The summed E-state index contributed by atoms with van der Waals surface area (Å²) in [6.07, 6.45) is -5.87. The molecular formula is C25H17F3N4O6. The summed E-state index contributed by atoms with van der Waals surface area (Å²) in [4.78, 5) is 36.2. The minimum Gasteiger partial charge on any atom is -0.507 e. The second kappa shape index (κ2) is 10.7. The Morgan fingerprint density at radius 3 is 2.26 bits per heavy atom. The number of carboxylic acid groups (broad SMARTS) is 1. The molecule has 13 heteroatoms. The van der Waals surface area contributed by atoms with Crippen LogP contribution in [0.3, 0.4) is 0 Å². The minimum absolute atomic E-state index is 0.00483. The molecule has 0 aliphatic carbocycles. The number of hydrogen-bond donors (Lipinski definition) is 5. The third kappa shape index (κ3) is 5.71. The van der Waals surface area contributed by atoms with E-state index >= 15 is 0 Å². The number of amides is 2. The average molecular weight is 526 g/mol. The summed E-state index contributed by atoms with van der Waals surface area (Å²) in [5.74, 6) is -3.43. The monoisotopic (exact) mass is 526 g/mol. The fourth-order valence-corrected chi connectivity index (χ4v) is 3.45. The minimum atomic E-state index is -4.81. The summed E-state index contributed by atoms with van der Waals surface area (Å²) in [7, 11) is 1.02. The average Bonchev–Trinajstić information content (AvgIpc) is 2.87. The summed E-state index contributed by atoms with van der Waals surface area (Å²) < 4.78 is 45.7. The fourth-order valence-electron chi connectivity index (χ4n) is 3.45. The van der Waals surface area contributed by atoms with Gasteiger partial charge in [-0.3, -0.25) is 15.5 Å². The van der Waals surface area contributed by atoms with Crippen LogP contribution in [0.2, 0.25) is 0 Å². The van der Waals surface area contributed by atoms with Crippen LogP contribution in [0.4, 0.5) is 29.3 Å². The number of aromatic hydroxyl groups is 1. The lowest BCUT2D eigenvalue weighted by Crippen LogP contribution is -2.24. The lowest BCUT2D eigenvalue weighted by molar-refractivity contribution is -0.137. The van der Waals surface area contributed by atoms with Gasteiger partial charge >= 0.3 is 18.2 Å². The fraction of sp³-hybridized carbons (Fsp3) is 0.0800. The molecule has 0 fully saturated rings. The van der Waals surface area contributed by atoms with Crippen molar-refractivity contribution < 1.29 is 42.5 Å². The Bertz CT molecular complexity index is 1510. The molecule has 0 heterocycles. The first kappa shape index (κ1) is 27.2. The number of halogens is 3. The number of nitrogens with zero attached hydrogens (tertiary/aromatic N) is 1. The number of carboxylic acids is 1. The molecule has 0 aliphatic rings. The summed E-state index contributed by atoms with van der Waals surface area (Å²) in [6.45, 7) is 0. The Morgan fingerprint density at radius 2 is 1.66 bits per heavy atom. The summed E-state index contributed by atoms with van der Waals surface area (Å²) in [5.41, 5.74) is -4.29. The first-order valence-electron chi connectivity index (χ1n) is 10.4. The third-order valence-electron chi connectivity index (χ3n) is 5.20. The smallest absolute Gasteiger partial charge is 0.417 e. The van der Waals surface area contributed by atoms with Crippen LogP contribution in [0.5, 0.6) is 5.75 Å². The number of phenolic OH excluding ortho intramolecular Hbond substituents is 1. The number of benzene rings is 3. The second-order valence-corrected chi connectivity index (χ2v) is 7.58. The van der Waals surface area contributed by atoms with Crippen LogP contribution in [-0.4, -0.2) is 41.0 Å². The molecule has 3 aromatic carbocycles. The highest BCUT2D eigenvalue weighted by Gasteiger charge is 2.34. The molecule has 3 aromatic rings. The highest BCUT2D eigenvalue weighted by molar-refractivity contribution is 6.48. The van der Waals surface area contributed by atoms with E-state index in [9.17, 15) is 37.8 Å². The lowest BCUT2D eigenvalue weighted by Gasteiger charge is -2.18. The number of anilines is 2. The zero-order valence-corrected chi connectivity index (χ0v) is 19.3. The number of ether oxygens (including phenoxy) is 1. The maximum Gasteiger partial charge on any atom is 0.417 e. The maximum absolute atomic E-state index is 13.7. The van der Waals surface area contributed by atoms with Gasteiger partial charge in [0.2, 0.25) is 0 Å². The quantitative estimate of drug-likeness (QED) is 0.286. The van der Waals surface area contributed by atoms with E-state index in [-0.39, 0.29) is 22.5 Å². The number of nitriles is 1. The number of methoxy groups -OCH3 is 1. The topological polar surface area (TPSA) is 173 Å². The summed E-state index contributed by atoms with van der Waals surface area (Å²) in [5, 5.41) is 41.5. The zero-order valence-electron chi connectivity index (χ0n) is 19.3. The molecule has 5 N–H and O–H groups in total. The molecule has 2 amide bonds. The van der Waals surface area contributed by atoms with E-state index in [1.54, 1.807) is 6.07 Å². The standard InChI is InChI=1S/C25H17F3N4O6/c1-38-24(37)32-19-10-20(33)16(9-14(19)13-4-2-3-5-17(13)25(26,27)28)21(30)22(34)31-18-7-6-12(11-29)8-15(18)23(35)36/h2-10,30,33H,1H3,(H,31,34)(H,32,37)(H,35,36). The molecule has 0 aromatic heterocycles. The van der Waals surface area contributed by atoms with Gasteiger partial charge in [-0.05, 0) is 35.9 Å². The largest absolute Gasteiger partial charge is 0.507 e. The molecular weight excluding hydrogens is 509 g/mol. The number of nitrogens with one attached hydrogen (secondary N) is 3. The first-order chi connectivity index (χ1) is 17.9. The molecule has 38 heavy (non-hydrogen) atoms. The zero-order chi connectivity index (χ0) is 28.2. The van der Waals surface area contributed by atoms with Gasteiger partial charge in [-0.2, -0.15) is 18.4 Å². The van der Waals surface area contributed by atoms with Crippen molar-refractivity contribution in [2.75, 3.05) is 17.7 Å². The number of rotatable bonds is 6. The van der Waals surface area contributed by atoms with E-state index < -0.39 is 57.9 Å². The Morgan fingerprint density at radius 1 is 0.974 bits per heavy atom. The van der Waals surface area contributed by atoms with E-state index in [4.69, 9.17) is 10.7 Å². The number of alkyl halides is 3. The first-order valence-corrected chi connectivity index (χ1v) is 10.4. The van der Waals surface area contributed by atoms with E-state index in [0.29, 0.717) is 0 Å². The SMILES string of the molecule is COC(=O)Nc1cc(O)c(C(=N)C(=O)Nc2ccc(C#N)cc2C(=O)O)cc1-c1ccccc1C(F)(F)F. The van der Waals surface area contributed by atoms with Crippen molar-refractivity contribution in [2.45, 2.75) is 6.18 Å². The highest BCUT2D eigenvalue weighted by Crippen LogP contribution is 2.41. The van der Waals surface area contributed by atoms with Gasteiger partial charge in [0.25, 0.3) is 5.91 Å². The molecule has 0 radical (unpaired) electrons. The van der Waals surface area contributed by atoms with Gasteiger partial charge in [-0.15, -0.1) is 0 Å². The van der Waals surface area contributed by atoms with Crippen molar-refractivity contribution in [3.05, 3.63) is 76.9 Å². The van der Waals surface area contributed by atoms with Gasteiger partial charge in [0.05, 0.1) is 41.2 Å². The maximum atomic E-state index is 13.7. The van der Waals surface area contributed by atoms with Crippen molar-refractivity contribution in [1.82, 2.24) is 0 Å². The number of carbonyl (C=O) groups excluding carboxylic acids is 2. The van der Waals surface area contributed by atoms with Crippen LogP contribution < -0.4 is 10.6 Å². The van der Waals surface area contributed by atoms with Gasteiger partial charge in [-0.25, -0.2) is 9.59 Å². The van der Waals surface area contributed by atoms with Gasteiger partial charge in [0.1, 0.15) is 11.5 Å². The molecule has 0 atom stereocenters. The molecule has 0 unspecified atom stereocenters. The van der Waals surface area contributed by atoms with Crippen molar-refractivity contribution in [2.24, 2.45) is 0 Å². The normalized spacial score (nSPS) is 10.7. The molecule has 0 saturated heterocycles. The highest BCUT2D eigenvalue weighted by atomic mass is 19.4. The summed E-state index contributed by atoms with van der Waals surface area (Å²) >= 11 is 0. The van der Waals surface area contributed by atoms with Crippen LogP contribution in [0.1, 0.15) is 27.0 Å². The molecule has 3 rings (SSSR count). The second-order valence-electron chi connectivity index (χ2n) is 7.58. The molecule has 0 aliphatic heterocycles. The molecule has 10 nitrogen and oxygen atoms in total. The van der Waals surface area contributed by atoms with Gasteiger partial charge < -0.3 is 20.3 Å². The van der Waals surface area contributed by atoms with E-state index in [0.717, 1.165) is 49.6 Å². The van der Waals surface area contributed by atoms with E-state index in [1.165, 1.54) is 12.1 Å². The Hall–Kier alpha value is -5.38. The van der Waals surface area contributed by atoms with Crippen molar-refractivity contribution in [3.8, 4) is 22.9 Å². The Kier molecular flexibility index (Phi) is 7.67. The van der Waals surface area contributed by atoms with Crippen LogP contribution in [0, 0.1) is 16.7 Å². The predicted octanol–water partition coefficient (Wildman–Crippen LogP) is 4.83. The molecule has 0 saturated carbocycles. The number of hydrogen-bond acceptors (Lipinski definition) is 7.